The van der Waals surface area contributed by atoms with Gasteiger partial charge < -0.3 is 9.80 Å². The maximum Gasteiger partial charge on any atom is 0.223 e. The molecule has 2 saturated heterocycles. The Balaban J connectivity index is 1.34. The number of piperidine rings is 1. The Kier molecular flexibility index (Phi) is 4.30. The molecule has 1 aromatic carbocycles. The van der Waals surface area contributed by atoms with Crippen LogP contribution in [0.25, 0.3) is 0 Å². The summed E-state index contributed by atoms with van der Waals surface area (Å²) >= 11 is 0. The van der Waals surface area contributed by atoms with E-state index in [2.05, 4.69) is 31.2 Å². The van der Waals surface area contributed by atoms with E-state index in [1.54, 1.807) is 0 Å². The van der Waals surface area contributed by atoms with Crippen LogP contribution in [0.5, 0.6) is 0 Å². The van der Waals surface area contributed by atoms with Crippen LogP contribution in [0.4, 0.5) is 0 Å². The van der Waals surface area contributed by atoms with Gasteiger partial charge in [0.25, 0.3) is 0 Å². The van der Waals surface area contributed by atoms with Crippen LogP contribution in [0.1, 0.15) is 56.1 Å². The van der Waals surface area contributed by atoms with Crippen LogP contribution in [-0.4, -0.2) is 47.8 Å². The summed E-state index contributed by atoms with van der Waals surface area (Å²) in [6, 6.07) is 8.56. The number of carbonyl (C=O) groups is 2. The molecule has 4 nitrogen and oxygen atoms in total. The quantitative estimate of drug-likeness (QED) is 0.849. The van der Waals surface area contributed by atoms with E-state index < -0.39 is 0 Å². The van der Waals surface area contributed by atoms with Gasteiger partial charge in [0.05, 0.1) is 0 Å². The fraction of sp³-hybridized carbons (Fsp3) is 0.619. The maximum atomic E-state index is 12.8. The predicted molar refractivity (Wildman–Crippen MR) is 97.2 cm³/mol. The first-order chi connectivity index (χ1) is 12.1. The van der Waals surface area contributed by atoms with Gasteiger partial charge in [-0.3, -0.25) is 9.59 Å². The highest BCUT2D eigenvalue weighted by atomic mass is 16.2. The lowest BCUT2D eigenvalue weighted by atomic mass is 9.77. The van der Waals surface area contributed by atoms with E-state index >= 15 is 0 Å². The Morgan fingerprint density at radius 3 is 2.72 bits per heavy atom. The fourth-order valence-corrected chi connectivity index (χ4v) is 5.03. The Morgan fingerprint density at radius 2 is 2.00 bits per heavy atom. The molecule has 3 aliphatic rings. The minimum Gasteiger partial charge on any atom is -0.343 e. The average molecular weight is 340 g/mol. The third-order valence-corrected chi connectivity index (χ3v) is 6.64. The molecular weight excluding hydrogens is 312 g/mol. The minimum absolute atomic E-state index is 0.129. The summed E-state index contributed by atoms with van der Waals surface area (Å²) in [5.41, 5.74) is 2.93. The van der Waals surface area contributed by atoms with Crippen molar-refractivity contribution in [1.82, 2.24) is 9.80 Å². The molecule has 0 aromatic heterocycles. The zero-order valence-corrected chi connectivity index (χ0v) is 15.2. The SMILES string of the molecule is CCN1CC2(CCN(C(=O)CC3CCc4ccccc43)CC2)CC1=O. The third-order valence-electron chi connectivity index (χ3n) is 6.64. The van der Waals surface area contributed by atoms with Crippen molar-refractivity contribution in [3.63, 3.8) is 0 Å². The van der Waals surface area contributed by atoms with Gasteiger partial charge in [-0.1, -0.05) is 24.3 Å². The fourth-order valence-electron chi connectivity index (χ4n) is 5.03. The first kappa shape index (κ1) is 16.6. The predicted octanol–water partition coefficient (Wildman–Crippen LogP) is 2.97. The molecular formula is C21H28N2O2. The van der Waals surface area contributed by atoms with Crippen molar-refractivity contribution in [2.75, 3.05) is 26.2 Å². The van der Waals surface area contributed by atoms with Gasteiger partial charge in [0, 0.05) is 44.4 Å². The number of aryl methyl sites for hydroxylation is 1. The average Bonchev–Trinajstić information content (AvgIpc) is 3.17. The molecule has 1 aliphatic carbocycles. The van der Waals surface area contributed by atoms with Gasteiger partial charge in [-0.25, -0.2) is 0 Å². The summed E-state index contributed by atoms with van der Waals surface area (Å²) < 4.78 is 0. The van der Waals surface area contributed by atoms with E-state index in [4.69, 9.17) is 0 Å². The molecule has 1 atom stereocenters. The molecule has 2 fully saturated rings. The monoisotopic (exact) mass is 340 g/mol. The van der Waals surface area contributed by atoms with E-state index in [1.165, 1.54) is 11.1 Å². The van der Waals surface area contributed by atoms with Crippen LogP contribution < -0.4 is 0 Å². The van der Waals surface area contributed by atoms with Gasteiger partial charge in [0.15, 0.2) is 0 Å². The smallest absolute Gasteiger partial charge is 0.223 e. The summed E-state index contributed by atoms with van der Waals surface area (Å²) in [6.07, 6.45) is 5.47. The Hall–Kier alpha value is -1.84. The Labute approximate surface area is 150 Å². The lowest BCUT2D eigenvalue weighted by molar-refractivity contribution is -0.133. The van der Waals surface area contributed by atoms with Gasteiger partial charge >= 0.3 is 0 Å². The van der Waals surface area contributed by atoms with E-state index in [0.29, 0.717) is 30.6 Å². The number of likely N-dealkylation sites (tertiary alicyclic amines) is 2. The van der Waals surface area contributed by atoms with Crippen molar-refractivity contribution in [3.8, 4) is 0 Å². The van der Waals surface area contributed by atoms with Crippen molar-refractivity contribution >= 4 is 11.8 Å². The molecule has 1 unspecified atom stereocenters. The molecule has 4 rings (SSSR count). The summed E-state index contributed by atoms with van der Waals surface area (Å²) in [5, 5.41) is 0. The number of rotatable bonds is 3. The number of carbonyl (C=O) groups excluding carboxylic acids is 2. The molecule has 0 saturated carbocycles. The normalized spacial score (nSPS) is 24.8. The first-order valence-electron chi connectivity index (χ1n) is 9.73. The summed E-state index contributed by atoms with van der Waals surface area (Å²) in [4.78, 5) is 28.9. The summed E-state index contributed by atoms with van der Waals surface area (Å²) in [5.74, 6) is 0.987. The number of hydrogen-bond acceptors (Lipinski definition) is 2. The minimum atomic E-state index is 0.129. The number of nitrogens with zero attached hydrogens (tertiary/aromatic N) is 2. The number of benzene rings is 1. The van der Waals surface area contributed by atoms with Gasteiger partial charge in [-0.15, -0.1) is 0 Å². The van der Waals surface area contributed by atoms with Crippen molar-refractivity contribution < 1.29 is 9.59 Å². The molecule has 25 heavy (non-hydrogen) atoms. The third kappa shape index (κ3) is 3.07. The first-order valence-corrected chi connectivity index (χ1v) is 9.73. The molecule has 0 N–H and O–H groups in total. The van der Waals surface area contributed by atoms with Crippen LogP contribution in [0.3, 0.4) is 0 Å². The highest BCUT2D eigenvalue weighted by Gasteiger charge is 2.45. The molecule has 134 valence electrons. The van der Waals surface area contributed by atoms with Crippen molar-refractivity contribution in [3.05, 3.63) is 35.4 Å². The summed E-state index contributed by atoms with van der Waals surface area (Å²) in [6.45, 7) is 5.38. The van der Waals surface area contributed by atoms with Crippen molar-refractivity contribution in [1.29, 1.82) is 0 Å². The second-order valence-electron chi connectivity index (χ2n) is 8.10. The van der Waals surface area contributed by atoms with E-state index in [1.807, 2.05) is 9.80 Å². The standard InChI is InChI=1S/C21H28N2O2/c1-2-22-15-21(14-20(22)25)9-11-23(12-10-21)19(24)13-17-8-7-16-5-3-4-6-18(16)17/h3-6,17H,2,7-15H2,1H3. The zero-order valence-electron chi connectivity index (χ0n) is 15.2. The number of hydrogen-bond donors (Lipinski definition) is 0. The van der Waals surface area contributed by atoms with Gasteiger partial charge in [0.2, 0.25) is 11.8 Å². The van der Waals surface area contributed by atoms with Gasteiger partial charge in [0.1, 0.15) is 0 Å². The second kappa shape index (κ2) is 6.47. The summed E-state index contributed by atoms with van der Waals surface area (Å²) in [7, 11) is 0. The topological polar surface area (TPSA) is 40.6 Å². The van der Waals surface area contributed by atoms with Crippen molar-refractivity contribution in [2.24, 2.45) is 5.41 Å². The van der Waals surface area contributed by atoms with Crippen molar-refractivity contribution in [2.45, 2.75) is 51.4 Å². The molecule has 1 aromatic rings. The van der Waals surface area contributed by atoms with E-state index in [-0.39, 0.29) is 5.41 Å². The van der Waals surface area contributed by atoms with Gasteiger partial charge in [-0.2, -0.15) is 0 Å². The van der Waals surface area contributed by atoms with E-state index in [0.717, 1.165) is 51.9 Å². The second-order valence-corrected chi connectivity index (χ2v) is 8.10. The molecule has 0 bridgehead atoms. The zero-order chi connectivity index (χ0) is 17.4. The lowest BCUT2D eigenvalue weighted by Crippen LogP contribution is -2.44. The number of amides is 2. The maximum absolute atomic E-state index is 12.8. The molecule has 2 aliphatic heterocycles. The van der Waals surface area contributed by atoms with Crippen LogP contribution in [0, 0.1) is 5.41 Å². The molecule has 1 spiro atoms. The Bertz CT molecular complexity index is 676. The van der Waals surface area contributed by atoms with Crippen LogP contribution in [0.15, 0.2) is 24.3 Å². The molecule has 2 amide bonds. The lowest BCUT2D eigenvalue weighted by Gasteiger charge is -2.39. The highest BCUT2D eigenvalue weighted by molar-refractivity contribution is 5.80. The van der Waals surface area contributed by atoms with Gasteiger partial charge in [-0.05, 0) is 49.7 Å². The van der Waals surface area contributed by atoms with Crippen LogP contribution in [-0.2, 0) is 16.0 Å². The van der Waals surface area contributed by atoms with E-state index in [9.17, 15) is 9.59 Å². The molecule has 0 radical (unpaired) electrons. The molecule has 4 heteroatoms. The van der Waals surface area contributed by atoms with Crippen LogP contribution in [0.2, 0.25) is 0 Å². The van der Waals surface area contributed by atoms with Crippen LogP contribution >= 0.6 is 0 Å². The Morgan fingerprint density at radius 1 is 1.24 bits per heavy atom. The largest absolute Gasteiger partial charge is 0.343 e. The number of fused-ring (bicyclic) bond motifs is 1. The molecule has 2 heterocycles. The highest BCUT2D eigenvalue weighted by Crippen LogP contribution is 2.41.